The van der Waals surface area contributed by atoms with Crippen molar-refractivity contribution < 1.29 is 19.2 Å². The summed E-state index contributed by atoms with van der Waals surface area (Å²) in [6, 6.07) is 4.62. The van der Waals surface area contributed by atoms with Crippen molar-refractivity contribution in [1.82, 2.24) is 10.2 Å². The van der Waals surface area contributed by atoms with Gasteiger partial charge in [0.25, 0.3) is 5.69 Å². The van der Waals surface area contributed by atoms with Gasteiger partial charge in [0.15, 0.2) is 0 Å². The van der Waals surface area contributed by atoms with E-state index in [1.54, 1.807) is 20.9 Å². The Morgan fingerprint density at radius 3 is 2.52 bits per heavy atom. The van der Waals surface area contributed by atoms with Crippen molar-refractivity contribution in [2.24, 2.45) is 0 Å². The molecule has 0 bridgehead atoms. The number of hydrogen-bond donors (Lipinski definition) is 1. The van der Waals surface area contributed by atoms with Crippen LogP contribution in [0.1, 0.15) is 25.5 Å². The Balaban J connectivity index is 2.46. The highest BCUT2D eigenvalue weighted by molar-refractivity contribution is 5.95. The predicted octanol–water partition coefficient (Wildman–Crippen LogP) is 2.13. The fraction of sp³-hybridized carbons (Fsp3) is 0.333. The largest absolute Gasteiger partial charge is 0.463 e. The minimum absolute atomic E-state index is 0.0635. The first kappa shape index (κ1) is 16.5. The number of nitrogens with one attached hydrogen (secondary N) is 1. The molecule has 2 amide bonds. The molecule has 2 rings (SSSR count). The molecule has 122 valence electrons. The monoisotopic (exact) mass is 319 g/mol. The van der Waals surface area contributed by atoms with E-state index in [9.17, 15) is 19.7 Å². The van der Waals surface area contributed by atoms with Crippen LogP contribution in [0.15, 0.2) is 35.5 Å². The summed E-state index contributed by atoms with van der Waals surface area (Å²) in [6.45, 7) is 3.56. The molecule has 1 aliphatic heterocycles. The summed E-state index contributed by atoms with van der Waals surface area (Å²) in [5, 5.41) is 13.4. The van der Waals surface area contributed by atoms with Crippen molar-refractivity contribution in [3.8, 4) is 0 Å². The number of esters is 1. The quantitative estimate of drug-likeness (QED) is 0.520. The number of allylic oxidation sites excluding steroid dienone is 1. The molecule has 0 aliphatic carbocycles. The second kappa shape index (κ2) is 6.47. The van der Waals surface area contributed by atoms with Gasteiger partial charge in [-0.15, -0.1) is 0 Å². The Kier molecular flexibility index (Phi) is 4.63. The van der Waals surface area contributed by atoms with Crippen molar-refractivity contribution in [1.29, 1.82) is 0 Å². The number of nitrogens with zero attached hydrogens (tertiary/aromatic N) is 2. The molecule has 1 aliphatic rings. The predicted molar refractivity (Wildman–Crippen MR) is 81.5 cm³/mol. The minimum atomic E-state index is -0.710. The normalized spacial score (nSPS) is 17.8. The van der Waals surface area contributed by atoms with Crippen molar-refractivity contribution in [2.45, 2.75) is 19.9 Å². The maximum atomic E-state index is 12.3. The molecule has 1 heterocycles. The van der Waals surface area contributed by atoms with Gasteiger partial charge in [-0.2, -0.15) is 0 Å². The third-order valence-corrected chi connectivity index (χ3v) is 3.69. The molecule has 0 saturated heterocycles. The molecule has 8 nitrogen and oxygen atoms in total. The zero-order valence-electron chi connectivity index (χ0n) is 13.0. The number of urea groups is 1. The first-order chi connectivity index (χ1) is 10.9. The molecule has 0 spiro atoms. The number of ether oxygens (including phenoxy) is 1. The van der Waals surface area contributed by atoms with Gasteiger partial charge < -0.3 is 15.0 Å². The molecular formula is C15H17N3O5. The van der Waals surface area contributed by atoms with Crippen molar-refractivity contribution in [2.75, 3.05) is 13.7 Å². The second-order valence-corrected chi connectivity index (χ2v) is 5.01. The van der Waals surface area contributed by atoms with E-state index in [1.165, 1.54) is 29.2 Å². The van der Waals surface area contributed by atoms with Crippen LogP contribution in [0, 0.1) is 10.1 Å². The standard InChI is InChI=1S/C15H17N3O5/c1-4-23-14(19)12-9(2)17(3)15(20)16-13(12)10-5-7-11(8-6-10)18(21)22/h5-8,13H,4H2,1-3H3,(H,16,20)/t13-/m1/s1. The molecule has 0 saturated carbocycles. The van der Waals surface area contributed by atoms with Crippen molar-refractivity contribution in [3.63, 3.8) is 0 Å². The highest BCUT2D eigenvalue weighted by Crippen LogP contribution is 2.31. The van der Waals surface area contributed by atoms with Crippen LogP contribution < -0.4 is 5.32 Å². The fourth-order valence-corrected chi connectivity index (χ4v) is 2.35. The van der Waals surface area contributed by atoms with E-state index in [1.807, 2.05) is 0 Å². The van der Waals surface area contributed by atoms with Crippen LogP contribution in [0.3, 0.4) is 0 Å². The van der Waals surface area contributed by atoms with Gasteiger partial charge in [0.05, 0.1) is 23.1 Å². The first-order valence-corrected chi connectivity index (χ1v) is 7.03. The summed E-state index contributed by atoms with van der Waals surface area (Å²) in [7, 11) is 1.55. The summed E-state index contributed by atoms with van der Waals surface area (Å²) in [4.78, 5) is 35.8. The van der Waals surface area contributed by atoms with Gasteiger partial charge >= 0.3 is 12.0 Å². The van der Waals surface area contributed by atoms with E-state index >= 15 is 0 Å². The van der Waals surface area contributed by atoms with Gasteiger partial charge in [-0.05, 0) is 31.5 Å². The summed E-state index contributed by atoms with van der Waals surface area (Å²) in [5.74, 6) is -0.528. The Hall–Kier alpha value is -2.90. The van der Waals surface area contributed by atoms with Gasteiger partial charge in [0.2, 0.25) is 0 Å². The molecule has 1 aromatic carbocycles. The van der Waals surface area contributed by atoms with E-state index in [2.05, 4.69) is 5.32 Å². The van der Waals surface area contributed by atoms with E-state index < -0.39 is 16.9 Å². The number of non-ortho nitro benzene ring substituents is 1. The molecular weight excluding hydrogens is 302 g/mol. The Morgan fingerprint density at radius 1 is 1.39 bits per heavy atom. The van der Waals surface area contributed by atoms with E-state index in [4.69, 9.17) is 4.74 Å². The molecule has 1 N–H and O–H groups in total. The third-order valence-electron chi connectivity index (χ3n) is 3.69. The van der Waals surface area contributed by atoms with Gasteiger partial charge in [-0.25, -0.2) is 9.59 Å². The molecule has 0 radical (unpaired) electrons. The lowest BCUT2D eigenvalue weighted by Gasteiger charge is -2.33. The number of carbonyl (C=O) groups excluding carboxylic acids is 2. The van der Waals surface area contributed by atoms with Crippen LogP contribution in [0.4, 0.5) is 10.5 Å². The molecule has 8 heteroatoms. The molecule has 0 unspecified atom stereocenters. The summed E-state index contributed by atoms with van der Waals surface area (Å²) < 4.78 is 5.07. The van der Waals surface area contributed by atoms with E-state index in [0.717, 1.165) is 0 Å². The second-order valence-electron chi connectivity index (χ2n) is 5.01. The van der Waals surface area contributed by atoms with Crippen LogP contribution in [0.5, 0.6) is 0 Å². The smallest absolute Gasteiger partial charge is 0.338 e. The molecule has 0 aromatic heterocycles. The van der Waals surface area contributed by atoms with Crippen LogP contribution in [-0.4, -0.2) is 35.5 Å². The number of nitro benzene ring substituents is 1. The summed E-state index contributed by atoms with van der Waals surface area (Å²) in [6.07, 6.45) is 0. The molecule has 23 heavy (non-hydrogen) atoms. The highest BCUT2D eigenvalue weighted by Gasteiger charge is 2.35. The Bertz CT molecular complexity index is 681. The number of benzene rings is 1. The number of amides is 2. The Morgan fingerprint density at radius 2 is 2.00 bits per heavy atom. The average molecular weight is 319 g/mol. The topological polar surface area (TPSA) is 102 Å². The van der Waals surface area contributed by atoms with Crippen LogP contribution in [0.2, 0.25) is 0 Å². The van der Waals surface area contributed by atoms with Gasteiger partial charge in [-0.1, -0.05) is 0 Å². The van der Waals surface area contributed by atoms with Crippen molar-refractivity contribution in [3.05, 3.63) is 51.2 Å². The van der Waals surface area contributed by atoms with Crippen LogP contribution in [-0.2, 0) is 9.53 Å². The lowest BCUT2D eigenvalue weighted by Crippen LogP contribution is -2.46. The Labute approximate surface area is 132 Å². The fourth-order valence-electron chi connectivity index (χ4n) is 2.35. The summed E-state index contributed by atoms with van der Waals surface area (Å²) >= 11 is 0. The van der Waals surface area contributed by atoms with Gasteiger partial charge in [0.1, 0.15) is 0 Å². The van der Waals surface area contributed by atoms with Crippen LogP contribution >= 0.6 is 0 Å². The molecule has 0 fully saturated rings. The van der Waals surface area contributed by atoms with Crippen LogP contribution in [0.25, 0.3) is 0 Å². The SMILES string of the molecule is CCOC(=O)C1=C(C)N(C)C(=O)N[C@@H]1c1ccc([N+](=O)[O-])cc1. The number of carbonyl (C=O) groups is 2. The highest BCUT2D eigenvalue weighted by atomic mass is 16.6. The van der Waals surface area contributed by atoms with Crippen molar-refractivity contribution >= 4 is 17.7 Å². The zero-order chi connectivity index (χ0) is 17.1. The number of rotatable bonds is 4. The number of nitro groups is 1. The molecule has 1 aromatic rings. The average Bonchev–Trinajstić information content (AvgIpc) is 2.52. The van der Waals surface area contributed by atoms with E-state index in [-0.39, 0.29) is 18.3 Å². The van der Waals surface area contributed by atoms with E-state index in [0.29, 0.717) is 16.8 Å². The zero-order valence-corrected chi connectivity index (χ0v) is 13.0. The third kappa shape index (κ3) is 3.15. The molecule has 1 atom stereocenters. The first-order valence-electron chi connectivity index (χ1n) is 7.03. The number of hydrogen-bond acceptors (Lipinski definition) is 5. The minimum Gasteiger partial charge on any atom is -0.463 e. The lowest BCUT2D eigenvalue weighted by molar-refractivity contribution is -0.384. The maximum Gasteiger partial charge on any atom is 0.338 e. The summed E-state index contributed by atoms with van der Waals surface area (Å²) in [5.41, 5.74) is 1.30. The lowest BCUT2D eigenvalue weighted by atomic mass is 9.95. The maximum absolute atomic E-state index is 12.3. The van der Waals surface area contributed by atoms with Gasteiger partial charge in [0, 0.05) is 24.9 Å². The van der Waals surface area contributed by atoms with Gasteiger partial charge in [-0.3, -0.25) is 10.1 Å².